The summed E-state index contributed by atoms with van der Waals surface area (Å²) in [6, 6.07) is 14.2. The van der Waals surface area contributed by atoms with E-state index in [1.54, 1.807) is 18.5 Å². The van der Waals surface area contributed by atoms with Gasteiger partial charge in [-0.05, 0) is 23.6 Å². The van der Waals surface area contributed by atoms with Crippen LogP contribution in [0.1, 0.15) is 42.2 Å². The van der Waals surface area contributed by atoms with Crippen molar-refractivity contribution < 1.29 is 4.79 Å². The Morgan fingerprint density at radius 1 is 1.14 bits per heavy atom. The Morgan fingerprint density at radius 2 is 1.90 bits per heavy atom. The molecule has 3 heteroatoms. The molecule has 0 aliphatic heterocycles. The van der Waals surface area contributed by atoms with Crippen LogP contribution < -0.4 is 5.32 Å². The number of pyridine rings is 1. The van der Waals surface area contributed by atoms with Gasteiger partial charge in [-0.15, -0.1) is 0 Å². The van der Waals surface area contributed by atoms with Crippen molar-refractivity contribution in [1.29, 1.82) is 0 Å². The highest BCUT2D eigenvalue weighted by Crippen LogP contribution is 2.21. The minimum atomic E-state index is 0.131. The molecular weight excluding hydrogens is 260 g/mol. The van der Waals surface area contributed by atoms with Gasteiger partial charge in [0.05, 0.1) is 0 Å². The van der Waals surface area contributed by atoms with Gasteiger partial charge in [-0.3, -0.25) is 9.78 Å². The quantitative estimate of drug-likeness (QED) is 0.788. The molecule has 0 spiro atoms. The predicted molar refractivity (Wildman–Crippen MR) is 85.2 cm³/mol. The third kappa shape index (κ3) is 4.50. The van der Waals surface area contributed by atoms with E-state index in [-0.39, 0.29) is 11.8 Å². The number of aromatic nitrogens is 1. The molecule has 1 unspecified atom stereocenters. The van der Waals surface area contributed by atoms with Crippen LogP contribution >= 0.6 is 0 Å². The molecule has 1 aromatic heterocycles. The predicted octanol–water partition coefficient (Wildman–Crippen LogP) is 3.64. The fourth-order valence-electron chi connectivity index (χ4n) is 2.41. The number of benzene rings is 1. The highest BCUT2D eigenvalue weighted by atomic mass is 16.1. The van der Waals surface area contributed by atoms with Crippen LogP contribution in [0.25, 0.3) is 0 Å². The molecule has 0 aliphatic carbocycles. The number of hydrogen-bond acceptors (Lipinski definition) is 3. The van der Waals surface area contributed by atoms with Gasteiger partial charge in [-0.2, -0.15) is 0 Å². The Morgan fingerprint density at radius 3 is 2.52 bits per heavy atom. The standard InChI is InChI=1S/C18H22N2O/c1-14(2)18(15-7-4-3-5-8-15)20-12-10-17(21)16-9-6-11-19-13-16/h3-9,11,13-14,18,20H,10,12H2,1-2H3. The summed E-state index contributed by atoms with van der Waals surface area (Å²) in [6.45, 7) is 5.05. The normalized spacial score (nSPS) is 12.3. The maximum atomic E-state index is 12.1. The highest BCUT2D eigenvalue weighted by Gasteiger charge is 2.15. The number of carbonyl (C=O) groups excluding carboxylic acids is 1. The number of rotatable bonds is 7. The zero-order valence-electron chi connectivity index (χ0n) is 12.6. The van der Waals surface area contributed by atoms with Gasteiger partial charge in [-0.1, -0.05) is 44.2 Å². The molecule has 0 fully saturated rings. The fourth-order valence-corrected chi connectivity index (χ4v) is 2.41. The molecule has 3 nitrogen and oxygen atoms in total. The molecule has 0 saturated carbocycles. The van der Waals surface area contributed by atoms with Crippen molar-refractivity contribution in [2.45, 2.75) is 26.3 Å². The van der Waals surface area contributed by atoms with Crippen molar-refractivity contribution in [2.24, 2.45) is 5.92 Å². The summed E-state index contributed by atoms with van der Waals surface area (Å²) in [6.07, 6.45) is 3.79. The molecule has 21 heavy (non-hydrogen) atoms. The molecular formula is C18H22N2O. The fraction of sp³-hybridized carbons (Fsp3) is 0.333. The number of carbonyl (C=O) groups is 1. The van der Waals surface area contributed by atoms with Crippen LogP contribution in [0.2, 0.25) is 0 Å². The molecule has 1 atom stereocenters. The lowest BCUT2D eigenvalue weighted by Gasteiger charge is -2.22. The van der Waals surface area contributed by atoms with E-state index < -0.39 is 0 Å². The number of hydrogen-bond donors (Lipinski definition) is 1. The van der Waals surface area contributed by atoms with Gasteiger partial charge in [0, 0.05) is 37.0 Å². The molecule has 2 rings (SSSR count). The van der Waals surface area contributed by atoms with E-state index in [0.29, 0.717) is 24.4 Å². The molecule has 1 heterocycles. The van der Waals surface area contributed by atoms with Crippen LogP contribution in [0.15, 0.2) is 54.9 Å². The molecule has 0 aliphatic rings. The first kappa shape index (κ1) is 15.4. The topological polar surface area (TPSA) is 42.0 Å². The second kappa shape index (κ2) is 7.70. The van der Waals surface area contributed by atoms with Crippen molar-refractivity contribution in [1.82, 2.24) is 10.3 Å². The Kier molecular flexibility index (Phi) is 5.64. The Labute approximate surface area is 126 Å². The molecule has 0 saturated heterocycles. The second-order valence-corrected chi connectivity index (χ2v) is 5.50. The van der Waals surface area contributed by atoms with Crippen LogP contribution in [0.5, 0.6) is 0 Å². The van der Waals surface area contributed by atoms with Crippen molar-refractivity contribution in [3.05, 3.63) is 66.0 Å². The molecule has 1 aromatic carbocycles. The van der Waals surface area contributed by atoms with Gasteiger partial charge in [0.15, 0.2) is 5.78 Å². The maximum absolute atomic E-state index is 12.1. The van der Waals surface area contributed by atoms with Crippen molar-refractivity contribution >= 4 is 5.78 Å². The first-order chi connectivity index (χ1) is 10.2. The second-order valence-electron chi connectivity index (χ2n) is 5.50. The minimum absolute atomic E-state index is 0.131. The first-order valence-corrected chi connectivity index (χ1v) is 7.40. The smallest absolute Gasteiger partial charge is 0.165 e. The Hall–Kier alpha value is -2.00. The van der Waals surface area contributed by atoms with Gasteiger partial charge < -0.3 is 5.32 Å². The average molecular weight is 282 g/mol. The third-order valence-electron chi connectivity index (χ3n) is 3.53. The lowest BCUT2D eigenvalue weighted by atomic mass is 9.96. The van der Waals surface area contributed by atoms with E-state index in [0.717, 1.165) is 0 Å². The molecule has 0 amide bonds. The van der Waals surface area contributed by atoms with Crippen molar-refractivity contribution in [3.8, 4) is 0 Å². The van der Waals surface area contributed by atoms with Crippen LogP contribution in [0, 0.1) is 5.92 Å². The van der Waals surface area contributed by atoms with Gasteiger partial charge in [-0.25, -0.2) is 0 Å². The summed E-state index contributed by atoms with van der Waals surface area (Å²) in [5, 5.41) is 3.49. The molecule has 0 bridgehead atoms. The van der Waals surface area contributed by atoms with E-state index >= 15 is 0 Å². The van der Waals surface area contributed by atoms with Crippen LogP contribution in [-0.2, 0) is 0 Å². The largest absolute Gasteiger partial charge is 0.309 e. The van der Waals surface area contributed by atoms with Gasteiger partial charge >= 0.3 is 0 Å². The van der Waals surface area contributed by atoms with E-state index in [9.17, 15) is 4.79 Å². The Balaban J connectivity index is 1.90. The van der Waals surface area contributed by atoms with Crippen LogP contribution in [0.3, 0.4) is 0 Å². The minimum Gasteiger partial charge on any atom is -0.309 e. The summed E-state index contributed by atoms with van der Waals surface area (Å²) in [7, 11) is 0. The zero-order chi connectivity index (χ0) is 15.1. The maximum Gasteiger partial charge on any atom is 0.165 e. The van der Waals surface area contributed by atoms with Crippen molar-refractivity contribution in [2.75, 3.05) is 6.54 Å². The Bertz CT molecular complexity index is 552. The number of nitrogens with one attached hydrogen (secondary N) is 1. The van der Waals surface area contributed by atoms with E-state index in [2.05, 4.69) is 36.3 Å². The van der Waals surface area contributed by atoms with E-state index in [1.165, 1.54) is 5.56 Å². The summed E-state index contributed by atoms with van der Waals surface area (Å²) in [5.74, 6) is 0.604. The first-order valence-electron chi connectivity index (χ1n) is 7.40. The number of ketones is 1. The lowest BCUT2D eigenvalue weighted by molar-refractivity contribution is 0.0980. The lowest BCUT2D eigenvalue weighted by Crippen LogP contribution is -2.28. The summed E-state index contributed by atoms with van der Waals surface area (Å²) >= 11 is 0. The SMILES string of the molecule is CC(C)C(NCCC(=O)c1cccnc1)c1ccccc1. The van der Waals surface area contributed by atoms with Gasteiger partial charge in [0.1, 0.15) is 0 Å². The van der Waals surface area contributed by atoms with Gasteiger partial charge in [0.25, 0.3) is 0 Å². The van der Waals surface area contributed by atoms with Crippen molar-refractivity contribution in [3.63, 3.8) is 0 Å². The van der Waals surface area contributed by atoms with Crippen LogP contribution in [0.4, 0.5) is 0 Å². The molecule has 2 aromatic rings. The summed E-state index contributed by atoms with van der Waals surface area (Å²) in [5.41, 5.74) is 1.95. The van der Waals surface area contributed by atoms with E-state index in [4.69, 9.17) is 0 Å². The third-order valence-corrected chi connectivity index (χ3v) is 3.53. The zero-order valence-corrected chi connectivity index (χ0v) is 12.6. The van der Waals surface area contributed by atoms with Crippen LogP contribution in [-0.4, -0.2) is 17.3 Å². The summed E-state index contributed by atoms with van der Waals surface area (Å²) in [4.78, 5) is 16.0. The highest BCUT2D eigenvalue weighted by molar-refractivity contribution is 5.95. The number of nitrogens with zero attached hydrogens (tertiary/aromatic N) is 1. The van der Waals surface area contributed by atoms with Gasteiger partial charge in [0.2, 0.25) is 0 Å². The number of Topliss-reactive ketones (excluding diaryl/α,β-unsaturated/α-hetero) is 1. The molecule has 0 radical (unpaired) electrons. The monoisotopic (exact) mass is 282 g/mol. The summed E-state index contributed by atoms with van der Waals surface area (Å²) < 4.78 is 0. The van der Waals surface area contributed by atoms with E-state index in [1.807, 2.05) is 24.3 Å². The molecule has 110 valence electrons. The average Bonchev–Trinajstić information content (AvgIpc) is 2.52. The molecule has 1 N–H and O–H groups in total.